The van der Waals surface area contributed by atoms with Gasteiger partial charge in [0.1, 0.15) is 18.2 Å². The Morgan fingerprint density at radius 2 is 1.93 bits per heavy atom. The third-order valence-corrected chi connectivity index (χ3v) is 4.80. The number of fused-ring (bicyclic) bond motifs is 1. The van der Waals surface area contributed by atoms with E-state index in [1.54, 1.807) is 11.6 Å². The number of hydrogen-bond acceptors (Lipinski definition) is 6. The van der Waals surface area contributed by atoms with Crippen LogP contribution in [0.15, 0.2) is 33.9 Å². The number of aromatic nitrogens is 4. The number of nitrogens with one attached hydrogen (secondary N) is 1. The standard InChI is InChI=1S/C21H26N4O5/c1-4-5-11-25-19-18(20(27)23-21(25)28)24(3)16(22-19)13-30-17(26)10-12-29-15-8-6-14(2)7-9-15/h6-9H,4-5,10-13H2,1-3H3,(H,23,27,28). The SMILES string of the molecule is CCCCn1c(=O)[nH]c(=O)c2c1nc(COC(=O)CCOc1ccc(C)cc1)n2C. The second kappa shape index (κ2) is 9.43. The molecule has 3 aromatic rings. The number of nitrogens with zero attached hydrogens (tertiary/aromatic N) is 3. The van der Waals surface area contributed by atoms with Gasteiger partial charge in [-0.25, -0.2) is 9.78 Å². The Morgan fingerprint density at radius 3 is 2.63 bits per heavy atom. The number of aromatic amines is 1. The van der Waals surface area contributed by atoms with E-state index in [4.69, 9.17) is 9.47 Å². The highest BCUT2D eigenvalue weighted by molar-refractivity contribution is 5.71. The normalized spacial score (nSPS) is 11.0. The molecule has 9 heteroatoms. The van der Waals surface area contributed by atoms with Crippen molar-refractivity contribution in [3.05, 3.63) is 56.5 Å². The summed E-state index contributed by atoms with van der Waals surface area (Å²) in [5.41, 5.74) is 0.703. The second-order valence-electron chi connectivity index (χ2n) is 7.10. The molecule has 9 nitrogen and oxygen atoms in total. The minimum Gasteiger partial charge on any atom is -0.493 e. The molecule has 160 valence electrons. The smallest absolute Gasteiger partial charge is 0.330 e. The number of esters is 1. The van der Waals surface area contributed by atoms with E-state index in [1.165, 1.54) is 4.57 Å². The molecule has 0 aliphatic heterocycles. The second-order valence-corrected chi connectivity index (χ2v) is 7.10. The highest BCUT2D eigenvalue weighted by Crippen LogP contribution is 2.13. The third kappa shape index (κ3) is 4.79. The first-order chi connectivity index (χ1) is 14.4. The van der Waals surface area contributed by atoms with Crippen molar-refractivity contribution in [3.63, 3.8) is 0 Å². The van der Waals surface area contributed by atoms with E-state index in [9.17, 15) is 14.4 Å². The molecule has 0 spiro atoms. The summed E-state index contributed by atoms with van der Waals surface area (Å²) < 4.78 is 13.8. The minimum atomic E-state index is -0.512. The van der Waals surface area contributed by atoms with Gasteiger partial charge in [0.2, 0.25) is 0 Å². The van der Waals surface area contributed by atoms with Crippen LogP contribution < -0.4 is 16.0 Å². The van der Waals surface area contributed by atoms with E-state index in [1.807, 2.05) is 38.1 Å². The zero-order valence-electron chi connectivity index (χ0n) is 17.4. The van der Waals surface area contributed by atoms with Gasteiger partial charge in [0, 0.05) is 13.6 Å². The van der Waals surface area contributed by atoms with Gasteiger partial charge in [-0.05, 0) is 25.5 Å². The summed E-state index contributed by atoms with van der Waals surface area (Å²) in [6.07, 6.45) is 1.76. The van der Waals surface area contributed by atoms with Crippen LogP contribution >= 0.6 is 0 Å². The molecule has 3 rings (SSSR count). The zero-order chi connectivity index (χ0) is 21.7. The van der Waals surface area contributed by atoms with Gasteiger partial charge in [-0.15, -0.1) is 0 Å². The number of carbonyl (C=O) groups is 1. The first-order valence-electron chi connectivity index (χ1n) is 9.94. The summed E-state index contributed by atoms with van der Waals surface area (Å²) in [4.78, 5) is 43.2. The number of aryl methyl sites for hydroxylation is 3. The van der Waals surface area contributed by atoms with E-state index in [0.717, 1.165) is 18.4 Å². The van der Waals surface area contributed by atoms with Crippen LogP contribution in [0.2, 0.25) is 0 Å². The van der Waals surface area contributed by atoms with Crippen LogP contribution in [0, 0.1) is 6.92 Å². The maximum absolute atomic E-state index is 12.2. The number of carbonyl (C=O) groups excluding carboxylic acids is 1. The van der Waals surface area contributed by atoms with Crippen molar-refractivity contribution in [3.8, 4) is 5.75 Å². The lowest BCUT2D eigenvalue weighted by atomic mass is 10.2. The summed E-state index contributed by atoms with van der Waals surface area (Å²) in [5, 5.41) is 0. The molecule has 1 aromatic carbocycles. The maximum atomic E-state index is 12.2. The predicted octanol–water partition coefficient (Wildman–Crippen LogP) is 2.04. The fourth-order valence-corrected chi connectivity index (χ4v) is 3.05. The van der Waals surface area contributed by atoms with Crippen LogP contribution in [0.1, 0.15) is 37.6 Å². The quantitative estimate of drug-likeness (QED) is 0.537. The average molecular weight is 414 g/mol. The Hall–Kier alpha value is -3.36. The molecule has 0 radical (unpaired) electrons. The molecule has 2 heterocycles. The Labute approximate surface area is 173 Å². The van der Waals surface area contributed by atoms with Gasteiger partial charge in [0.25, 0.3) is 5.56 Å². The van der Waals surface area contributed by atoms with Crippen LogP contribution in [-0.2, 0) is 29.7 Å². The van der Waals surface area contributed by atoms with Gasteiger partial charge in [0.15, 0.2) is 11.2 Å². The van der Waals surface area contributed by atoms with Gasteiger partial charge < -0.3 is 14.0 Å². The molecule has 0 bridgehead atoms. The van der Waals surface area contributed by atoms with Crippen LogP contribution in [0.25, 0.3) is 11.2 Å². The summed E-state index contributed by atoms with van der Waals surface area (Å²) in [5.74, 6) is 0.638. The van der Waals surface area contributed by atoms with E-state index < -0.39 is 17.2 Å². The van der Waals surface area contributed by atoms with Gasteiger partial charge in [-0.2, -0.15) is 0 Å². The molecule has 1 N–H and O–H groups in total. The van der Waals surface area contributed by atoms with Crippen LogP contribution in [0.5, 0.6) is 5.75 Å². The molecule has 0 saturated heterocycles. The lowest BCUT2D eigenvalue weighted by molar-refractivity contribution is -0.145. The molecule has 30 heavy (non-hydrogen) atoms. The van der Waals surface area contributed by atoms with E-state index >= 15 is 0 Å². The highest BCUT2D eigenvalue weighted by Gasteiger charge is 2.17. The van der Waals surface area contributed by atoms with Crippen molar-refractivity contribution in [1.29, 1.82) is 0 Å². The lowest BCUT2D eigenvalue weighted by Crippen LogP contribution is -2.31. The molecule has 0 aliphatic rings. The average Bonchev–Trinajstić information content (AvgIpc) is 3.04. The maximum Gasteiger partial charge on any atom is 0.330 e. The summed E-state index contributed by atoms with van der Waals surface area (Å²) in [6.45, 7) is 4.55. The van der Waals surface area contributed by atoms with Crippen molar-refractivity contribution < 1.29 is 14.3 Å². The van der Waals surface area contributed by atoms with E-state index in [2.05, 4.69) is 9.97 Å². The molecule has 0 unspecified atom stereocenters. The Kier molecular flexibility index (Phi) is 6.71. The first kappa shape index (κ1) is 21.4. The first-order valence-corrected chi connectivity index (χ1v) is 9.94. The number of benzene rings is 1. The summed E-state index contributed by atoms with van der Waals surface area (Å²) >= 11 is 0. The largest absolute Gasteiger partial charge is 0.493 e. The van der Waals surface area contributed by atoms with E-state index in [-0.39, 0.29) is 25.2 Å². The number of rotatable bonds is 9. The molecule has 2 aromatic heterocycles. The Bertz CT molecular complexity index is 1140. The van der Waals surface area contributed by atoms with Gasteiger partial charge in [-0.1, -0.05) is 31.0 Å². The Morgan fingerprint density at radius 1 is 1.20 bits per heavy atom. The molecule has 0 fully saturated rings. The zero-order valence-corrected chi connectivity index (χ0v) is 17.4. The number of hydrogen-bond donors (Lipinski definition) is 1. The molecule has 0 amide bonds. The van der Waals surface area contributed by atoms with Gasteiger partial charge in [-0.3, -0.25) is 19.1 Å². The topological polar surface area (TPSA) is 108 Å². The fourth-order valence-electron chi connectivity index (χ4n) is 3.05. The summed E-state index contributed by atoms with van der Waals surface area (Å²) in [7, 11) is 1.66. The van der Waals surface area contributed by atoms with Gasteiger partial charge >= 0.3 is 11.7 Å². The highest BCUT2D eigenvalue weighted by atomic mass is 16.5. The molecule has 0 aliphatic carbocycles. The molecule has 0 atom stereocenters. The van der Waals surface area contributed by atoms with Crippen molar-refractivity contribution in [2.75, 3.05) is 6.61 Å². The third-order valence-electron chi connectivity index (χ3n) is 4.80. The van der Waals surface area contributed by atoms with Crippen LogP contribution in [0.3, 0.4) is 0 Å². The fraction of sp³-hybridized carbons (Fsp3) is 0.429. The van der Waals surface area contributed by atoms with Crippen LogP contribution in [-0.4, -0.2) is 31.7 Å². The van der Waals surface area contributed by atoms with Crippen molar-refractivity contribution in [2.45, 2.75) is 46.3 Å². The predicted molar refractivity (Wildman–Crippen MR) is 112 cm³/mol. The lowest BCUT2D eigenvalue weighted by Gasteiger charge is -2.07. The minimum absolute atomic E-state index is 0.0829. The van der Waals surface area contributed by atoms with Crippen molar-refractivity contribution in [1.82, 2.24) is 19.1 Å². The van der Waals surface area contributed by atoms with Crippen molar-refractivity contribution in [2.24, 2.45) is 7.05 Å². The monoisotopic (exact) mass is 414 g/mol. The molecular formula is C21H26N4O5. The molecule has 0 saturated carbocycles. The Balaban J connectivity index is 1.65. The van der Waals surface area contributed by atoms with Crippen molar-refractivity contribution >= 4 is 17.1 Å². The summed E-state index contributed by atoms with van der Waals surface area (Å²) in [6, 6.07) is 7.55. The van der Waals surface area contributed by atoms with Gasteiger partial charge in [0.05, 0.1) is 13.0 Å². The number of imidazole rings is 1. The number of unbranched alkanes of at least 4 members (excludes halogenated alkanes) is 1. The van der Waals surface area contributed by atoms with Crippen LogP contribution in [0.4, 0.5) is 0 Å². The number of H-pyrrole nitrogens is 1. The number of ether oxygens (including phenoxy) is 2. The van der Waals surface area contributed by atoms with E-state index in [0.29, 0.717) is 23.8 Å². The molecular weight excluding hydrogens is 388 g/mol.